The summed E-state index contributed by atoms with van der Waals surface area (Å²) in [6.45, 7) is 5.98. The molecule has 110 valence electrons. The van der Waals surface area contributed by atoms with E-state index in [1.807, 2.05) is 19.2 Å². The van der Waals surface area contributed by atoms with E-state index in [9.17, 15) is 9.18 Å². The molecule has 1 aliphatic heterocycles. The first-order valence-electron chi connectivity index (χ1n) is 7.07. The third-order valence-corrected chi connectivity index (χ3v) is 3.97. The van der Waals surface area contributed by atoms with Crippen LogP contribution in [0.5, 0.6) is 0 Å². The second-order valence-electron chi connectivity index (χ2n) is 5.63. The van der Waals surface area contributed by atoms with Gasteiger partial charge < -0.3 is 4.90 Å². The van der Waals surface area contributed by atoms with Crippen LogP contribution in [0.2, 0.25) is 0 Å². The lowest BCUT2D eigenvalue weighted by atomic mass is 10.1. The average Bonchev–Trinajstić information content (AvgIpc) is 3.01. The third kappa shape index (κ3) is 2.33. The van der Waals surface area contributed by atoms with E-state index in [-0.39, 0.29) is 17.8 Å². The molecule has 0 bridgehead atoms. The minimum Gasteiger partial charge on any atom is -0.310 e. The van der Waals surface area contributed by atoms with Gasteiger partial charge in [0.05, 0.1) is 5.69 Å². The van der Waals surface area contributed by atoms with E-state index in [2.05, 4.69) is 5.10 Å². The highest BCUT2D eigenvalue weighted by Gasteiger charge is 2.34. The molecule has 1 aliphatic rings. The van der Waals surface area contributed by atoms with Gasteiger partial charge in [-0.05, 0) is 56.5 Å². The maximum absolute atomic E-state index is 13.7. The van der Waals surface area contributed by atoms with Gasteiger partial charge in [-0.1, -0.05) is 0 Å². The summed E-state index contributed by atoms with van der Waals surface area (Å²) in [7, 11) is 0. The number of rotatable bonds is 2. The van der Waals surface area contributed by atoms with Crippen LogP contribution in [0.25, 0.3) is 0 Å². The van der Waals surface area contributed by atoms with Crippen molar-refractivity contribution in [2.45, 2.75) is 33.2 Å². The van der Waals surface area contributed by atoms with Crippen molar-refractivity contribution in [3.8, 4) is 0 Å². The summed E-state index contributed by atoms with van der Waals surface area (Å²) in [4.78, 5) is 14.3. The number of anilines is 1. The Balaban J connectivity index is 1.90. The number of benzene rings is 1. The van der Waals surface area contributed by atoms with Crippen LogP contribution in [0.1, 0.15) is 29.3 Å². The Morgan fingerprint density at radius 1 is 1.24 bits per heavy atom. The number of nitrogens with zero attached hydrogens (tertiary/aromatic N) is 3. The molecule has 4 nitrogen and oxygen atoms in total. The van der Waals surface area contributed by atoms with Gasteiger partial charge in [-0.15, -0.1) is 0 Å². The Morgan fingerprint density at radius 2 is 1.90 bits per heavy atom. The summed E-state index contributed by atoms with van der Waals surface area (Å²) in [5.41, 5.74) is 2.80. The van der Waals surface area contributed by atoms with Gasteiger partial charge in [-0.2, -0.15) is 5.10 Å². The average molecular weight is 287 g/mol. The highest BCUT2D eigenvalue weighted by Crippen LogP contribution is 2.30. The minimum absolute atomic E-state index is 0.0171. The van der Waals surface area contributed by atoms with Crippen molar-refractivity contribution in [1.29, 1.82) is 0 Å². The van der Waals surface area contributed by atoms with Crippen LogP contribution in [0.4, 0.5) is 10.1 Å². The molecule has 21 heavy (non-hydrogen) atoms. The summed E-state index contributed by atoms with van der Waals surface area (Å²) in [6, 6.07) is 5.10. The molecule has 1 saturated heterocycles. The normalized spacial score (nSPS) is 18.6. The van der Waals surface area contributed by atoms with Crippen LogP contribution in [0, 0.1) is 26.6 Å². The molecule has 2 heterocycles. The zero-order chi connectivity index (χ0) is 15.1. The van der Waals surface area contributed by atoms with E-state index in [0.29, 0.717) is 17.7 Å². The molecule has 2 aromatic rings. The highest BCUT2D eigenvalue weighted by molar-refractivity contribution is 5.98. The Labute approximate surface area is 123 Å². The molecular formula is C16H18FN3O. The number of halogens is 1. The molecular weight excluding hydrogens is 269 g/mol. The molecule has 0 saturated carbocycles. The van der Waals surface area contributed by atoms with E-state index in [1.165, 1.54) is 0 Å². The Kier molecular flexibility index (Phi) is 3.27. The van der Waals surface area contributed by atoms with Crippen molar-refractivity contribution in [3.63, 3.8) is 0 Å². The second-order valence-corrected chi connectivity index (χ2v) is 5.63. The molecule has 1 unspecified atom stereocenters. The monoisotopic (exact) mass is 287 g/mol. The lowest BCUT2D eigenvalue weighted by Gasteiger charge is -2.18. The lowest BCUT2D eigenvalue weighted by molar-refractivity contribution is -0.120. The quantitative estimate of drug-likeness (QED) is 0.851. The SMILES string of the molecule is Cc1ccn(C2CCN(c3cc(C)c(F)c(C)c3)C2=O)n1. The number of carbonyl (C=O) groups excluding carboxylic acids is 1. The molecule has 0 spiro atoms. The molecule has 1 fully saturated rings. The first-order valence-corrected chi connectivity index (χ1v) is 7.07. The Bertz CT molecular complexity index is 684. The summed E-state index contributed by atoms with van der Waals surface area (Å²) in [6.07, 6.45) is 2.55. The third-order valence-electron chi connectivity index (χ3n) is 3.97. The van der Waals surface area contributed by atoms with Gasteiger partial charge in [0.15, 0.2) is 0 Å². The van der Waals surface area contributed by atoms with Gasteiger partial charge >= 0.3 is 0 Å². The fraction of sp³-hybridized carbons (Fsp3) is 0.375. The zero-order valence-corrected chi connectivity index (χ0v) is 12.4. The van der Waals surface area contributed by atoms with Gasteiger partial charge in [-0.3, -0.25) is 9.48 Å². The molecule has 0 radical (unpaired) electrons. The highest BCUT2D eigenvalue weighted by atomic mass is 19.1. The van der Waals surface area contributed by atoms with Crippen molar-refractivity contribution in [1.82, 2.24) is 9.78 Å². The molecule has 0 aliphatic carbocycles. The van der Waals surface area contributed by atoms with E-state index in [1.54, 1.807) is 35.6 Å². The molecule has 0 N–H and O–H groups in total. The predicted molar refractivity (Wildman–Crippen MR) is 78.8 cm³/mol. The maximum Gasteiger partial charge on any atom is 0.251 e. The molecule has 5 heteroatoms. The van der Waals surface area contributed by atoms with Crippen LogP contribution in [0.3, 0.4) is 0 Å². The topological polar surface area (TPSA) is 38.1 Å². The largest absolute Gasteiger partial charge is 0.310 e. The van der Waals surface area contributed by atoms with E-state index < -0.39 is 0 Å². The summed E-state index contributed by atoms with van der Waals surface area (Å²) in [5, 5.41) is 4.33. The zero-order valence-electron chi connectivity index (χ0n) is 12.4. The maximum atomic E-state index is 13.7. The van der Waals surface area contributed by atoms with Crippen LogP contribution in [-0.2, 0) is 4.79 Å². The summed E-state index contributed by atoms with van der Waals surface area (Å²) < 4.78 is 15.4. The van der Waals surface area contributed by atoms with Gasteiger partial charge in [0.1, 0.15) is 11.9 Å². The standard InChI is InChI=1S/C16H18FN3O/c1-10-8-13(9-11(2)15(10)17)19-6-5-14(16(19)21)20-7-4-12(3)18-20/h4,7-9,14H,5-6H2,1-3H3. The number of hydrogen-bond donors (Lipinski definition) is 0. The van der Waals surface area contributed by atoms with Gasteiger partial charge in [0.25, 0.3) is 5.91 Å². The smallest absolute Gasteiger partial charge is 0.251 e. The lowest BCUT2D eigenvalue weighted by Crippen LogP contribution is -2.28. The molecule has 1 amide bonds. The molecule has 1 aromatic carbocycles. The van der Waals surface area contributed by atoms with Crippen LogP contribution >= 0.6 is 0 Å². The van der Waals surface area contributed by atoms with Crippen molar-refractivity contribution in [2.75, 3.05) is 11.4 Å². The van der Waals surface area contributed by atoms with Crippen molar-refractivity contribution in [3.05, 3.63) is 47.0 Å². The predicted octanol–water partition coefficient (Wildman–Crippen LogP) is 2.93. The number of hydrogen-bond acceptors (Lipinski definition) is 2. The first kappa shape index (κ1) is 13.8. The van der Waals surface area contributed by atoms with Crippen molar-refractivity contribution >= 4 is 11.6 Å². The summed E-state index contributed by atoms with van der Waals surface area (Å²) in [5.74, 6) is -0.187. The molecule has 3 rings (SSSR count). The van der Waals surface area contributed by atoms with Crippen molar-refractivity contribution in [2.24, 2.45) is 0 Å². The van der Waals surface area contributed by atoms with Gasteiger partial charge in [-0.25, -0.2) is 4.39 Å². The van der Waals surface area contributed by atoms with Gasteiger partial charge in [0, 0.05) is 18.4 Å². The Morgan fingerprint density at radius 3 is 2.48 bits per heavy atom. The van der Waals surface area contributed by atoms with Crippen LogP contribution in [-0.4, -0.2) is 22.2 Å². The van der Waals surface area contributed by atoms with Crippen molar-refractivity contribution < 1.29 is 9.18 Å². The number of aryl methyl sites for hydroxylation is 3. The van der Waals surface area contributed by atoms with Crippen LogP contribution in [0.15, 0.2) is 24.4 Å². The number of aromatic nitrogens is 2. The van der Waals surface area contributed by atoms with E-state index in [0.717, 1.165) is 17.8 Å². The fourth-order valence-corrected chi connectivity index (χ4v) is 2.85. The fourth-order valence-electron chi connectivity index (χ4n) is 2.85. The molecule has 1 atom stereocenters. The summed E-state index contributed by atoms with van der Waals surface area (Å²) >= 11 is 0. The number of amides is 1. The van der Waals surface area contributed by atoms with E-state index >= 15 is 0 Å². The van der Waals surface area contributed by atoms with Crippen LogP contribution < -0.4 is 4.90 Å². The Hall–Kier alpha value is -2.17. The van der Waals surface area contributed by atoms with E-state index in [4.69, 9.17) is 0 Å². The minimum atomic E-state index is -0.260. The molecule has 1 aromatic heterocycles. The second kappa shape index (κ2) is 4.98. The van der Waals surface area contributed by atoms with Gasteiger partial charge in [0.2, 0.25) is 0 Å². The number of carbonyl (C=O) groups is 1. The first-order chi connectivity index (χ1) is 9.97.